The molecule has 0 amide bonds. The minimum Gasteiger partial charge on any atom is -0.422 e. The lowest BCUT2D eigenvalue weighted by Crippen LogP contribution is -2.43. The molecule has 0 heterocycles. The second kappa shape index (κ2) is 5.53. The van der Waals surface area contributed by atoms with E-state index in [1.165, 1.54) is 6.42 Å². The van der Waals surface area contributed by atoms with Crippen molar-refractivity contribution >= 4 is 6.08 Å². The van der Waals surface area contributed by atoms with E-state index in [0.717, 1.165) is 25.7 Å². The first kappa shape index (κ1) is 11.7. The summed E-state index contributed by atoms with van der Waals surface area (Å²) in [5.41, 5.74) is -0.496. The Hall–Kier alpha value is -1.33. The van der Waals surface area contributed by atoms with Crippen molar-refractivity contribution in [2.45, 2.75) is 57.1 Å². The van der Waals surface area contributed by atoms with E-state index < -0.39 is 5.54 Å². The average Bonchev–Trinajstić information content (AvgIpc) is 2.27. The fourth-order valence-electron chi connectivity index (χ4n) is 2.40. The van der Waals surface area contributed by atoms with Gasteiger partial charge >= 0.3 is 0 Å². The van der Waals surface area contributed by atoms with Crippen molar-refractivity contribution in [1.29, 1.82) is 5.26 Å². The third-order valence-electron chi connectivity index (χ3n) is 3.15. The quantitative estimate of drug-likeness (QED) is 0.404. The van der Waals surface area contributed by atoms with Gasteiger partial charge in [-0.1, -0.05) is 26.2 Å². The summed E-state index contributed by atoms with van der Waals surface area (Å²) in [5.74, 6) is 0. The molecule has 0 spiro atoms. The largest absolute Gasteiger partial charge is 0.422 e. The highest BCUT2D eigenvalue weighted by atomic mass is 16.5. The third kappa shape index (κ3) is 2.57. The van der Waals surface area contributed by atoms with Crippen molar-refractivity contribution in [3.63, 3.8) is 0 Å². The van der Waals surface area contributed by atoms with E-state index in [9.17, 15) is 4.79 Å². The summed E-state index contributed by atoms with van der Waals surface area (Å²) in [6.07, 6.45) is 8.65. The van der Waals surface area contributed by atoms with Crippen molar-refractivity contribution in [3.05, 3.63) is 0 Å². The maximum atomic E-state index is 10.5. The van der Waals surface area contributed by atoms with Crippen LogP contribution in [0.5, 0.6) is 0 Å². The summed E-state index contributed by atoms with van der Waals surface area (Å²) in [4.78, 5) is 14.4. The SMILES string of the molecule is CCC(OC#N)C1(N=C=O)CCCCC1. The van der Waals surface area contributed by atoms with Crippen LogP contribution < -0.4 is 0 Å². The van der Waals surface area contributed by atoms with E-state index in [4.69, 9.17) is 10.00 Å². The Balaban J connectivity index is 2.87. The molecule has 0 bridgehead atoms. The van der Waals surface area contributed by atoms with Crippen LogP contribution in [0, 0.1) is 11.5 Å². The molecule has 0 N–H and O–H groups in total. The first-order chi connectivity index (χ1) is 7.29. The Morgan fingerprint density at radius 1 is 1.47 bits per heavy atom. The van der Waals surface area contributed by atoms with Gasteiger partial charge in [0, 0.05) is 0 Å². The first-order valence-corrected chi connectivity index (χ1v) is 5.43. The number of ether oxygens (including phenoxy) is 1. The van der Waals surface area contributed by atoms with Gasteiger partial charge in [0.15, 0.2) is 0 Å². The predicted molar refractivity (Wildman–Crippen MR) is 54.7 cm³/mol. The Morgan fingerprint density at radius 3 is 2.60 bits per heavy atom. The Bertz CT molecular complexity index is 283. The fraction of sp³-hybridized carbons (Fsp3) is 0.818. The maximum absolute atomic E-state index is 10.5. The zero-order valence-corrected chi connectivity index (χ0v) is 9.03. The topological polar surface area (TPSA) is 62.4 Å². The standard InChI is InChI=1S/C11H16N2O2/c1-2-10(15-8-12)11(13-9-14)6-4-3-5-7-11/h10H,2-7H2,1H3. The third-order valence-corrected chi connectivity index (χ3v) is 3.15. The molecule has 4 nitrogen and oxygen atoms in total. The van der Waals surface area contributed by atoms with Gasteiger partial charge in [0.2, 0.25) is 6.08 Å². The van der Waals surface area contributed by atoms with Crippen LogP contribution in [0.4, 0.5) is 0 Å². The van der Waals surface area contributed by atoms with Crippen molar-refractivity contribution in [2.75, 3.05) is 0 Å². The van der Waals surface area contributed by atoms with Crippen LogP contribution in [0.15, 0.2) is 4.99 Å². The number of nitriles is 1. The molecule has 1 atom stereocenters. The van der Waals surface area contributed by atoms with Crippen molar-refractivity contribution in [1.82, 2.24) is 0 Å². The zero-order valence-electron chi connectivity index (χ0n) is 9.03. The van der Waals surface area contributed by atoms with Crippen LogP contribution in [-0.2, 0) is 9.53 Å². The van der Waals surface area contributed by atoms with Gasteiger partial charge in [0.1, 0.15) is 11.6 Å². The van der Waals surface area contributed by atoms with E-state index in [0.29, 0.717) is 6.42 Å². The average molecular weight is 208 g/mol. The Kier molecular flexibility index (Phi) is 4.33. The summed E-state index contributed by atoms with van der Waals surface area (Å²) < 4.78 is 5.02. The second-order valence-electron chi connectivity index (χ2n) is 3.97. The van der Waals surface area contributed by atoms with Gasteiger partial charge < -0.3 is 4.74 Å². The molecule has 4 heteroatoms. The van der Waals surface area contributed by atoms with Crippen molar-refractivity contribution in [3.8, 4) is 6.26 Å². The number of isocyanates is 1. The van der Waals surface area contributed by atoms with E-state index in [1.807, 2.05) is 6.92 Å². The maximum Gasteiger partial charge on any atom is 0.286 e. The van der Waals surface area contributed by atoms with E-state index >= 15 is 0 Å². The van der Waals surface area contributed by atoms with Crippen molar-refractivity contribution < 1.29 is 9.53 Å². The number of hydrogen-bond donors (Lipinski definition) is 0. The number of nitrogens with zero attached hydrogens (tertiary/aromatic N) is 2. The lowest BCUT2D eigenvalue weighted by molar-refractivity contribution is 0.0530. The molecule has 1 rings (SSSR count). The fourth-order valence-corrected chi connectivity index (χ4v) is 2.40. The van der Waals surface area contributed by atoms with Gasteiger partial charge in [-0.25, -0.2) is 4.79 Å². The molecule has 82 valence electrons. The predicted octanol–water partition coefficient (Wildman–Crippen LogP) is 2.30. The molecule has 0 radical (unpaired) electrons. The minimum atomic E-state index is -0.496. The van der Waals surface area contributed by atoms with Crippen LogP contribution in [0.1, 0.15) is 45.4 Å². The summed E-state index contributed by atoms with van der Waals surface area (Å²) in [6.45, 7) is 1.94. The van der Waals surface area contributed by atoms with Crippen molar-refractivity contribution in [2.24, 2.45) is 4.99 Å². The summed E-state index contributed by atoms with van der Waals surface area (Å²) >= 11 is 0. The first-order valence-electron chi connectivity index (χ1n) is 5.43. The lowest BCUT2D eigenvalue weighted by Gasteiger charge is -2.36. The number of hydrogen-bond acceptors (Lipinski definition) is 4. The van der Waals surface area contributed by atoms with E-state index in [-0.39, 0.29) is 6.10 Å². The number of rotatable bonds is 4. The smallest absolute Gasteiger partial charge is 0.286 e. The molecular formula is C11H16N2O2. The van der Waals surface area contributed by atoms with Gasteiger partial charge in [-0.3, -0.25) is 0 Å². The highest BCUT2D eigenvalue weighted by Crippen LogP contribution is 2.36. The minimum absolute atomic E-state index is 0.274. The van der Waals surface area contributed by atoms with Crippen LogP contribution in [-0.4, -0.2) is 17.7 Å². The Morgan fingerprint density at radius 2 is 2.13 bits per heavy atom. The number of aliphatic imine (C=N–C) groups is 1. The van der Waals surface area contributed by atoms with Crippen LogP contribution >= 0.6 is 0 Å². The normalized spacial score (nSPS) is 20.8. The summed E-state index contributed by atoms with van der Waals surface area (Å²) in [5, 5.41) is 8.57. The molecule has 0 aromatic rings. The van der Waals surface area contributed by atoms with Gasteiger partial charge in [-0.05, 0) is 19.3 Å². The monoisotopic (exact) mass is 208 g/mol. The summed E-state index contributed by atoms with van der Waals surface area (Å²) in [6, 6.07) is 0. The molecule has 1 aliphatic rings. The molecule has 1 aliphatic carbocycles. The van der Waals surface area contributed by atoms with E-state index in [2.05, 4.69) is 4.99 Å². The molecule has 0 saturated heterocycles. The highest BCUT2D eigenvalue weighted by molar-refractivity contribution is 5.35. The molecule has 1 fully saturated rings. The highest BCUT2D eigenvalue weighted by Gasteiger charge is 2.40. The van der Waals surface area contributed by atoms with Crippen LogP contribution in [0.25, 0.3) is 0 Å². The molecular weight excluding hydrogens is 192 g/mol. The molecule has 1 saturated carbocycles. The van der Waals surface area contributed by atoms with Gasteiger partial charge in [0.25, 0.3) is 6.26 Å². The molecule has 0 aromatic carbocycles. The molecule has 1 unspecified atom stereocenters. The Labute approximate surface area is 89.9 Å². The van der Waals surface area contributed by atoms with Gasteiger partial charge in [-0.2, -0.15) is 10.3 Å². The van der Waals surface area contributed by atoms with E-state index in [1.54, 1.807) is 12.3 Å². The molecule has 0 aliphatic heterocycles. The van der Waals surface area contributed by atoms with Crippen LogP contribution in [0.2, 0.25) is 0 Å². The summed E-state index contributed by atoms with van der Waals surface area (Å²) in [7, 11) is 0. The second-order valence-corrected chi connectivity index (χ2v) is 3.97. The van der Waals surface area contributed by atoms with Gasteiger partial charge in [0.05, 0.1) is 0 Å². The molecule has 0 aromatic heterocycles. The van der Waals surface area contributed by atoms with Gasteiger partial charge in [-0.15, -0.1) is 0 Å². The number of carbonyl (C=O) groups excluding carboxylic acids is 1. The zero-order chi connectivity index (χ0) is 11.1. The molecule has 15 heavy (non-hydrogen) atoms. The van der Waals surface area contributed by atoms with Crippen LogP contribution in [0.3, 0.4) is 0 Å². The lowest BCUT2D eigenvalue weighted by atomic mass is 9.77.